The Kier molecular flexibility index (Phi) is 8.01. The molecule has 3 aromatic carbocycles. The van der Waals surface area contributed by atoms with Crippen molar-refractivity contribution in [3.63, 3.8) is 0 Å². The molecule has 1 unspecified atom stereocenters. The lowest BCUT2D eigenvalue weighted by Crippen LogP contribution is -2.48. The lowest BCUT2D eigenvalue weighted by Gasteiger charge is -2.36. The molecule has 9 nitrogen and oxygen atoms in total. The average Bonchev–Trinajstić information content (AvgIpc) is 2.97. The molecule has 1 amide bonds. The minimum absolute atomic E-state index is 0.276. The van der Waals surface area contributed by atoms with E-state index in [0.717, 1.165) is 53.9 Å². The Morgan fingerprint density at radius 3 is 2.70 bits per heavy atom. The number of nitrogens with zero attached hydrogens (tertiary/aromatic N) is 5. The first-order chi connectivity index (χ1) is 19.4. The summed E-state index contributed by atoms with van der Waals surface area (Å²) in [5.74, 6) is 0.105. The van der Waals surface area contributed by atoms with Crippen LogP contribution in [0, 0.1) is 11.3 Å². The van der Waals surface area contributed by atoms with Crippen LogP contribution in [0.15, 0.2) is 79.5 Å². The molecule has 9 heteroatoms. The van der Waals surface area contributed by atoms with E-state index in [0.29, 0.717) is 29.4 Å². The molecule has 1 atom stereocenters. The first kappa shape index (κ1) is 26.8. The van der Waals surface area contributed by atoms with Crippen LogP contribution in [0.25, 0.3) is 22.0 Å². The molecule has 0 aliphatic carbocycles. The first-order valence-corrected chi connectivity index (χ1v) is 13.2. The number of hydrogen-bond acceptors (Lipinski definition) is 8. The largest absolute Gasteiger partial charge is 0.392 e. The number of para-hydroxylation sites is 1. The Balaban J connectivity index is 1.38. The lowest BCUT2D eigenvalue weighted by molar-refractivity contribution is -0.111. The number of nitrogens with one attached hydrogen (secondary N) is 2. The summed E-state index contributed by atoms with van der Waals surface area (Å²) in [5.41, 5.74) is 5.32. The highest BCUT2D eigenvalue weighted by molar-refractivity contribution is 6.00. The molecule has 1 aliphatic rings. The number of hydrogen-bond donors (Lipinski definition) is 3. The van der Waals surface area contributed by atoms with Crippen molar-refractivity contribution in [3.8, 4) is 17.2 Å². The smallest absolute Gasteiger partial charge is 0.247 e. The molecule has 0 bridgehead atoms. The van der Waals surface area contributed by atoms with Crippen LogP contribution in [0.3, 0.4) is 0 Å². The fourth-order valence-electron chi connectivity index (χ4n) is 4.92. The van der Waals surface area contributed by atoms with Crippen molar-refractivity contribution in [1.82, 2.24) is 14.9 Å². The number of rotatable bonds is 8. The van der Waals surface area contributed by atoms with E-state index in [4.69, 9.17) is 4.98 Å². The van der Waals surface area contributed by atoms with Gasteiger partial charge in [0.2, 0.25) is 11.9 Å². The molecule has 4 aromatic rings. The van der Waals surface area contributed by atoms with Crippen LogP contribution >= 0.6 is 0 Å². The van der Waals surface area contributed by atoms with Gasteiger partial charge >= 0.3 is 0 Å². The average molecular weight is 534 g/mol. The first-order valence-electron chi connectivity index (χ1n) is 13.2. The molecule has 1 fully saturated rings. The normalized spacial score (nSPS) is 14.4. The van der Waals surface area contributed by atoms with Crippen LogP contribution < -0.4 is 15.5 Å². The van der Waals surface area contributed by atoms with E-state index in [2.05, 4.69) is 38.1 Å². The molecule has 5 rings (SSSR count). The molecule has 0 spiro atoms. The van der Waals surface area contributed by atoms with Gasteiger partial charge in [0.15, 0.2) is 0 Å². The quantitative estimate of drug-likeness (QED) is 0.283. The highest BCUT2D eigenvalue weighted by atomic mass is 16.3. The molecule has 40 heavy (non-hydrogen) atoms. The Morgan fingerprint density at radius 2 is 1.95 bits per heavy atom. The van der Waals surface area contributed by atoms with Crippen LogP contribution in [-0.4, -0.2) is 64.7 Å². The number of anilines is 4. The highest BCUT2D eigenvalue weighted by Gasteiger charge is 2.19. The number of piperazine rings is 1. The van der Waals surface area contributed by atoms with Gasteiger partial charge in [-0.3, -0.25) is 9.69 Å². The summed E-state index contributed by atoms with van der Waals surface area (Å²) < 4.78 is 0. The molecule has 1 aromatic heterocycles. The van der Waals surface area contributed by atoms with Crippen molar-refractivity contribution >= 4 is 39.8 Å². The number of benzene rings is 3. The van der Waals surface area contributed by atoms with Crippen molar-refractivity contribution in [3.05, 3.63) is 85.1 Å². The summed E-state index contributed by atoms with van der Waals surface area (Å²) in [4.78, 5) is 25.6. The Bertz CT molecular complexity index is 1590. The number of nitriles is 1. The number of carbonyl (C=O) groups is 1. The molecule has 0 saturated carbocycles. The van der Waals surface area contributed by atoms with Crippen LogP contribution in [0.5, 0.6) is 0 Å². The summed E-state index contributed by atoms with van der Waals surface area (Å²) >= 11 is 0. The zero-order chi connectivity index (χ0) is 28.1. The van der Waals surface area contributed by atoms with Crippen molar-refractivity contribution in [2.24, 2.45) is 0 Å². The second kappa shape index (κ2) is 11.9. The fourth-order valence-corrected chi connectivity index (χ4v) is 4.92. The van der Waals surface area contributed by atoms with Gasteiger partial charge < -0.3 is 20.6 Å². The van der Waals surface area contributed by atoms with Gasteiger partial charge in [-0.05, 0) is 48.9 Å². The summed E-state index contributed by atoms with van der Waals surface area (Å²) in [6.07, 6.45) is 2.65. The highest BCUT2D eigenvalue weighted by Crippen LogP contribution is 2.31. The van der Waals surface area contributed by atoms with Crippen LogP contribution in [0.4, 0.5) is 23.0 Å². The number of β-amino-alcohol motifs (C(OH)–C–C–N with tert-alkyl or cyclic N) is 1. The topological polar surface area (TPSA) is 117 Å². The van der Waals surface area contributed by atoms with E-state index in [-0.39, 0.29) is 12.0 Å². The predicted molar refractivity (Wildman–Crippen MR) is 159 cm³/mol. The number of carbonyl (C=O) groups excluding carboxylic acids is 1. The Hall–Kier alpha value is -4.78. The van der Waals surface area contributed by atoms with E-state index in [9.17, 15) is 15.2 Å². The van der Waals surface area contributed by atoms with Crippen molar-refractivity contribution in [2.75, 3.05) is 48.3 Å². The summed E-state index contributed by atoms with van der Waals surface area (Å²) in [7, 11) is 0. The van der Waals surface area contributed by atoms with Crippen molar-refractivity contribution in [2.45, 2.75) is 13.0 Å². The monoisotopic (exact) mass is 533 g/mol. The van der Waals surface area contributed by atoms with Crippen LogP contribution in [-0.2, 0) is 4.79 Å². The summed E-state index contributed by atoms with van der Waals surface area (Å²) in [5, 5.41) is 26.5. The van der Waals surface area contributed by atoms with Crippen LogP contribution in [0.2, 0.25) is 0 Å². The minimum Gasteiger partial charge on any atom is -0.392 e. The van der Waals surface area contributed by atoms with E-state index in [1.807, 2.05) is 60.7 Å². The third-order valence-corrected chi connectivity index (χ3v) is 6.87. The number of amides is 1. The molecular formula is C31H31N7O2. The zero-order valence-corrected chi connectivity index (χ0v) is 22.3. The Labute approximate surface area is 233 Å². The molecule has 1 saturated heterocycles. The van der Waals surface area contributed by atoms with Crippen LogP contribution in [0.1, 0.15) is 12.5 Å². The maximum atomic E-state index is 11.8. The van der Waals surface area contributed by atoms with Gasteiger partial charge in [0, 0.05) is 61.2 Å². The number of aromatic nitrogens is 2. The maximum absolute atomic E-state index is 11.8. The van der Waals surface area contributed by atoms with E-state index < -0.39 is 0 Å². The van der Waals surface area contributed by atoms with Gasteiger partial charge in [-0.1, -0.05) is 36.9 Å². The van der Waals surface area contributed by atoms with Gasteiger partial charge in [0.25, 0.3) is 0 Å². The molecule has 1 aliphatic heterocycles. The number of aliphatic hydroxyl groups excluding tert-OH is 1. The second-order valence-electron chi connectivity index (χ2n) is 9.81. The standard InChI is InChI=1S/C31H31N7O2/c1-3-29(40)34-25-8-4-6-22(16-25)27-9-5-7-23-19-33-31(36-30(23)27)35-28-11-10-26(17-24(28)18-32)38-14-12-37(13-15-38)20-21(2)39/h3-11,16-17,19,21,39H,1,12-15,20H2,2H3,(H,34,40)(H,33,35,36). The summed E-state index contributed by atoms with van der Waals surface area (Å²) in [6.45, 7) is 9.38. The molecular weight excluding hydrogens is 502 g/mol. The van der Waals surface area contributed by atoms with Gasteiger partial charge in [-0.2, -0.15) is 5.26 Å². The second-order valence-corrected chi connectivity index (χ2v) is 9.81. The fraction of sp³-hybridized carbons (Fsp3) is 0.226. The van der Waals surface area contributed by atoms with Gasteiger partial charge in [0.05, 0.1) is 22.9 Å². The molecule has 2 heterocycles. The van der Waals surface area contributed by atoms with Crippen molar-refractivity contribution < 1.29 is 9.90 Å². The third-order valence-electron chi connectivity index (χ3n) is 6.87. The van der Waals surface area contributed by atoms with E-state index in [1.165, 1.54) is 6.08 Å². The minimum atomic E-state index is -0.342. The van der Waals surface area contributed by atoms with Gasteiger partial charge in [-0.15, -0.1) is 0 Å². The number of aliphatic hydroxyl groups is 1. The van der Waals surface area contributed by atoms with Crippen molar-refractivity contribution in [1.29, 1.82) is 5.26 Å². The van der Waals surface area contributed by atoms with E-state index in [1.54, 1.807) is 13.1 Å². The molecule has 3 N–H and O–H groups in total. The van der Waals surface area contributed by atoms with Gasteiger partial charge in [0.1, 0.15) is 6.07 Å². The number of fused-ring (bicyclic) bond motifs is 1. The third kappa shape index (κ3) is 6.10. The predicted octanol–water partition coefficient (Wildman–Crippen LogP) is 4.54. The summed E-state index contributed by atoms with van der Waals surface area (Å²) in [6, 6.07) is 21.5. The maximum Gasteiger partial charge on any atom is 0.247 e. The lowest BCUT2D eigenvalue weighted by atomic mass is 10.0. The van der Waals surface area contributed by atoms with Gasteiger partial charge in [-0.25, -0.2) is 9.97 Å². The SMILES string of the molecule is C=CC(=O)Nc1cccc(-c2cccc3cnc(Nc4ccc(N5CCN(CC(C)O)CC5)cc4C#N)nc23)c1. The molecule has 0 radical (unpaired) electrons. The zero-order valence-electron chi connectivity index (χ0n) is 22.3. The molecule has 202 valence electrons. The Morgan fingerprint density at radius 1 is 1.15 bits per heavy atom. The van der Waals surface area contributed by atoms with E-state index >= 15 is 0 Å².